The molecule has 2 aliphatic carbocycles. The Morgan fingerprint density at radius 2 is 0.897 bits per heavy atom. The molecular formula is C56H37NO. The average Bonchev–Trinajstić information content (AvgIpc) is 3.93. The standard InChI is InChI=1S/C56H37NO/c1-3-16-37(17-4-1)39-20-13-23-42(34-39)57(43-24-14-21-40(35-43)38-18-5-2-6-19-38)36-41-22-15-30-50-53(41)46-26-7-10-28-48(46)56(50)49-29-11-8-27-47(49)54-51(56)33-32-45-44-25-9-12-31-52(44)58-55(45)54/h1-35H,36H2. The molecule has 0 radical (unpaired) electrons. The number of furan rings is 1. The highest BCUT2D eigenvalue weighted by molar-refractivity contribution is 6.13. The molecule has 2 heteroatoms. The molecule has 58 heavy (non-hydrogen) atoms. The Labute approximate surface area is 337 Å². The zero-order chi connectivity index (χ0) is 38.2. The van der Waals surface area contributed by atoms with Crippen LogP contribution < -0.4 is 4.90 Å². The van der Waals surface area contributed by atoms with E-state index in [-0.39, 0.29) is 0 Å². The van der Waals surface area contributed by atoms with Gasteiger partial charge in [-0.2, -0.15) is 0 Å². The maximum atomic E-state index is 6.78. The zero-order valence-electron chi connectivity index (χ0n) is 31.8. The van der Waals surface area contributed by atoms with Crippen molar-refractivity contribution in [3.63, 3.8) is 0 Å². The molecule has 1 heterocycles. The largest absolute Gasteiger partial charge is 0.455 e. The van der Waals surface area contributed by atoms with Crippen LogP contribution in [-0.4, -0.2) is 0 Å². The van der Waals surface area contributed by atoms with Gasteiger partial charge in [-0.15, -0.1) is 0 Å². The van der Waals surface area contributed by atoms with Crippen LogP contribution in [0.25, 0.3) is 66.4 Å². The second-order valence-corrected chi connectivity index (χ2v) is 15.6. The lowest BCUT2D eigenvalue weighted by molar-refractivity contribution is 0.669. The Hall–Kier alpha value is -7.42. The molecule has 0 N–H and O–H groups in total. The first kappa shape index (κ1) is 32.8. The maximum Gasteiger partial charge on any atom is 0.143 e. The molecule has 1 aromatic heterocycles. The molecule has 0 aliphatic heterocycles. The van der Waals surface area contributed by atoms with Crippen molar-refractivity contribution in [3.05, 3.63) is 240 Å². The summed E-state index contributed by atoms with van der Waals surface area (Å²) in [6.45, 7) is 0.682. The lowest BCUT2D eigenvalue weighted by Gasteiger charge is -2.31. The number of rotatable bonds is 6. The van der Waals surface area contributed by atoms with E-state index in [1.807, 2.05) is 0 Å². The molecule has 10 aromatic rings. The minimum Gasteiger partial charge on any atom is -0.455 e. The van der Waals surface area contributed by atoms with Crippen molar-refractivity contribution in [1.82, 2.24) is 0 Å². The molecule has 0 saturated carbocycles. The van der Waals surface area contributed by atoms with Gasteiger partial charge >= 0.3 is 0 Å². The summed E-state index contributed by atoms with van der Waals surface area (Å²) in [7, 11) is 0. The Balaban J connectivity index is 1.08. The Bertz CT molecular complexity index is 3130. The van der Waals surface area contributed by atoms with Crippen molar-refractivity contribution in [2.75, 3.05) is 4.90 Å². The Morgan fingerprint density at radius 1 is 0.379 bits per heavy atom. The van der Waals surface area contributed by atoms with E-state index < -0.39 is 5.41 Å². The molecule has 12 rings (SSSR count). The molecule has 272 valence electrons. The summed E-state index contributed by atoms with van der Waals surface area (Å²) in [5.74, 6) is 0. The first-order chi connectivity index (χ1) is 28.8. The van der Waals surface area contributed by atoms with E-state index in [0.717, 1.165) is 33.3 Å². The highest BCUT2D eigenvalue weighted by Gasteiger charge is 2.53. The predicted octanol–water partition coefficient (Wildman–Crippen LogP) is 14.6. The van der Waals surface area contributed by atoms with Crippen LogP contribution in [-0.2, 0) is 12.0 Å². The van der Waals surface area contributed by atoms with Gasteiger partial charge in [-0.05, 0) is 97.1 Å². The van der Waals surface area contributed by atoms with Crippen molar-refractivity contribution in [2.45, 2.75) is 12.0 Å². The smallest absolute Gasteiger partial charge is 0.143 e. The van der Waals surface area contributed by atoms with Crippen LogP contribution >= 0.6 is 0 Å². The molecular weight excluding hydrogens is 703 g/mol. The van der Waals surface area contributed by atoms with Gasteiger partial charge in [-0.25, -0.2) is 0 Å². The van der Waals surface area contributed by atoms with E-state index in [1.54, 1.807) is 0 Å². The second kappa shape index (κ2) is 12.8. The van der Waals surface area contributed by atoms with Gasteiger partial charge in [-0.1, -0.05) is 182 Å². The highest BCUT2D eigenvalue weighted by atomic mass is 16.3. The van der Waals surface area contributed by atoms with E-state index in [9.17, 15) is 0 Å². The minimum absolute atomic E-state index is 0.494. The first-order valence-electron chi connectivity index (χ1n) is 20.1. The summed E-state index contributed by atoms with van der Waals surface area (Å²) in [5, 5.41) is 2.31. The fourth-order valence-electron chi connectivity index (χ4n) is 10.1. The van der Waals surface area contributed by atoms with Crippen molar-refractivity contribution in [3.8, 4) is 44.5 Å². The SMILES string of the molecule is c1ccc(-c2cccc(N(Cc3cccc4c3-c3ccccc3C43c4ccccc4-c4c3ccc3c4oc4ccccc43)c3cccc(-c4ccccc4)c3)c2)cc1. The van der Waals surface area contributed by atoms with Crippen LogP contribution in [0.4, 0.5) is 11.4 Å². The zero-order valence-corrected chi connectivity index (χ0v) is 31.8. The second-order valence-electron chi connectivity index (χ2n) is 15.6. The number of para-hydroxylation sites is 1. The van der Waals surface area contributed by atoms with Crippen molar-refractivity contribution in [1.29, 1.82) is 0 Å². The summed E-state index contributed by atoms with van der Waals surface area (Å²) in [4.78, 5) is 2.50. The fourth-order valence-corrected chi connectivity index (χ4v) is 10.1. The Morgan fingerprint density at radius 3 is 1.57 bits per heavy atom. The summed E-state index contributed by atoms with van der Waals surface area (Å²) in [6.07, 6.45) is 0. The molecule has 1 spiro atoms. The summed E-state index contributed by atoms with van der Waals surface area (Å²) >= 11 is 0. The third-order valence-corrected chi connectivity index (χ3v) is 12.6. The number of benzene rings is 9. The van der Waals surface area contributed by atoms with E-state index in [4.69, 9.17) is 4.42 Å². The number of fused-ring (bicyclic) bond motifs is 14. The van der Waals surface area contributed by atoms with Crippen molar-refractivity contribution in [2.24, 2.45) is 0 Å². The predicted molar refractivity (Wildman–Crippen MR) is 240 cm³/mol. The minimum atomic E-state index is -0.494. The maximum absolute atomic E-state index is 6.78. The topological polar surface area (TPSA) is 16.4 Å². The highest BCUT2D eigenvalue weighted by Crippen LogP contribution is 2.64. The summed E-state index contributed by atoms with van der Waals surface area (Å²) in [6, 6.07) is 77.6. The summed E-state index contributed by atoms with van der Waals surface area (Å²) < 4.78 is 6.78. The van der Waals surface area contributed by atoms with Gasteiger partial charge in [0.15, 0.2) is 0 Å². The van der Waals surface area contributed by atoms with Gasteiger partial charge in [0.1, 0.15) is 11.2 Å². The normalized spacial score (nSPS) is 14.7. The van der Waals surface area contributed by atoms with Crippen LogP contribution in [0.3, 0.4) is 0 Å². The third kappa shape index (κ3) is 4.72. The fraction of sp³-hybridized carbons (Fsp3) is 0.0357. The van der Waals surface area contributed by atoms with E-state index in [0.29, 0.717) is 6.54 Å². The van der Waals surface area contributed by atoms with E-state index >= 15 is 0 Å². The van der Waals surface area contributed by atoms with Crippen LogP contribution in [0.1, 0.15) is 27.8 Å². The molecule has 2 nitrogen and oxygen atoms in total. The van der Waals surface area contributed by atoms with Gasteiger partial charge in [0.25, 0.3) is 0 Å². The van der Waals surface area contributed by atoms with Gasteiger partial charge in [-0.3, -0.25) is 0 Å². The molecule has 0 saturated heterocycles. The average molecular weight is 740 g/mol. The van der Waals surface area contributed by atoms with Crippen molar-refractivity contribution >= 4 is 33.3 Å². The van der Waals surface area contributed by atoms with Gasteiger partial charge in [0.2, 0.25) is 0 Å². The van der Waals surface area contributed by atoms with Crippen LogP contribution in [0, 0.1) is 0 Å². The third-order valence-electron chi connectivity index (χ3n) is 12.6. The number of anilines is 2. The van der Waals surface area contributed by atoms with Gasteiger partial charge in [0.05, 0.1) is 5.41 Å². The van der Waals surface area contributed by atoms with E-state index in [2.05, 4.69) is 217 Å². The van der Waals surface area contributed by atoms with Gasteiger partial charge < -0.3 is 9.32 Å². The van der Waals surface area contributed by atoms with Crippen LogP contribution in [0.2, 0.25) is 0 Å². The number of hydrogen-bond acceptors (Lipinski definition) is 2. The monoisotopic (exact) mass is 739 g/mol. The molecule has 1 unspecified atom stereocenters. The van der Waals surface area contributed by atoms with Crippen molar-refractivity contribution < 1.29 is 4.42 Å². The lowest BCUT2D eigenvalue weighted by atomic mass is 9.70. The quantitative estimate of drug-likeness (QED) is 0.169. The van der Waals surface area contributed by atoms with Crippen LogP contribution in [0.15, 0.2) is 217 Å². The Kier molecular flexibility index (Phi) is 7.24. The number of nitrogens with zero attached hydrogens (tertiary/aromatic N) is 1. The number of hydrogen-bond donors (Lipinski definition) is 0. The van der Waals surface area contributed by atoms with E-state index in [1.165, 1.54) is 72.3 Å². The molecule has 1 atom stereocenters. The lowest BCUT2D eigenvalue weighted by Crippen LogP contribution is -2.26. The molecule has 0 amide bonds. The van der Waals surface area contributed by atoms with Gasteiger partial charge in [0, 0.05) is 34.3 Å². The molecule has 2 aliphatic rings. The van der Waals surface area contributed by atoms with Crippen LogP contribution in [0.5, 0.6) is 0 Å². The summed E-state index contributed by atoms with van der Waals surface area (Å²) in [5.41, 5.74) is 20.1. The molecule has 0 fully saturated rings. The molecule has 0 bridgehead atoms. The first-order valence-corrected chi connectivity index (χ1v) is 20.1. The molecule has 9 aromatic carbocycles.